The van der Waals surface area contributed by atoms with Gasteiger partial charge in [-0.2, -0.15) is 0 Å². The van der Waals surface area contributed by atoms with Crippen molar-refractivity contribution in [3.63, 3.8) is 0 Å². The first-order valence-electron chi connectivity index (χ1n) is 7.03. The van der Waals surface area contributed by atoms with E-state index in [1.807, 2.05) is 12.1 Å². The third-order valence-corrected chi connectivity index (χ3v) is 5.42. The van der Waals surface area contributed by atoms with Crippen molar-refractivity contribution in [2.45, 2.75) is 38.9 Å². The second-order valence-electron chi connectivity index (χ2n) is 6.34. The first kappa shape index (κ1) is 14.6. The molecule has 1 aliphatic rings. The van der Waals surface area contributed by atoms with E-state index in [2.05, 4.69) is 39.8 Å². The normalized spacial score (nSPS) is 19.9. The van der Waals surface area contributed by atoms with Gasteiger partial charge in [0.25, 0.3) is 0 Å². The van der Waals surface area contributed by atoms with Crippen molar-refractivity contribution in [2.24, 2.45) is 0 Å². The SMILES string of the molecule is CC1(C)OB(c2ccc(-c3ccc(O)cc3)s2)OC1(C)C. The Kier molecular flexibility index (Phi) is 3.39. The average molecular weight is 302 g/mol. The zero-order valence-electron chi connectivity index (χ0n) is 12.7. The van der Waals surface area contributed by atoms with Gasteiger partial charge in [0.15, 0.2) is 0 Å². The zero-order chi connectivity index (χ0) is 15.3. The Bertz CT molecular complexity index is 630. The number of hydrogen-bond acceptors (Lipinski definition) is 4. The molecule has 0 saturated carbocycles. The van der Waals surface area contributed by atoms with Crippen LogP contribution in [0.3, 0.4) is 0 Å². The van der Waals surface area contributed by atoms with E-state index >= 15 is 0 Å². The summed E-state index contributed by atoms with van der Waals surface area (Å²) in [6.45, 7) is 8.23. The highest BCUT2D eigenvalue weighted by molar-refractivity contribution is 7.25. The van der Waals surface area contributed by atoms with Crippen LogP contribution < -0.4 is 4.78 Å². The summed E-state index contributed by atoms with van der Waals surface area (Å²) >= 11 is 1.66. The predicted molar refractivity (Wildman–Crippen MR) is 87.1 cm³/mol. The Hall–Kier alpha value is -1.30. The van der Waals surface area contributed by atoms with Gasteiger partial charge in [0, 0.05) is 9.65 Å². The Morgan fingerprint density at radius 2 is 1.48 bits per heavy atom. The van der Waals surface area contributed by atoms with E-state index in [0.29, 0.717) is 0 Å². The molecule has 1 aromatic carbocycles. The Morgan fingerprint density at radius 1 is 0.905 bits per heavy atom. The molecule has 1 aliphatic heterocycles. The lowest BCUT2D eigenvalue weighted by Gasteiger charge is -2.32. The number of thiophene rings is 1. The number of phenolic OH excluding ortho intramolecular Hbond substituents is 1. The minimum absolute atomic E-state index is 0.279. The van der Waals surface area contributed by atoms with E-state index in [-0.39, 0.29) is 24.1 Å². The smallest absolute Gasteiger partial charge is 0.505 e. The molecule has 1 N–H and O–H groups in total. The molecule has 110 valence electrons. The largest absolute Gasteiger partial charge is 0.508 e. The fourth-order valence-corrected chi connectivity index (χ4v) is 3.19. The quantitative estimate of drug-likeness (QED) is 0.864. The van der Waals surface area contributed by atoms with Crippen molar-refractivity contribution >= 4 is 23.2 Å². The van der Waals surface area contributed by atoms with Crippen LogP contribution in [-0.2, 0) is 9.31 Å². The van der Waals surface area contributed by atoms with Crippen LogP contribution in [-0.4, -0.2) is 23.4 Å². The summed E-state index contributed by atoms with van der Waals surface area (Å²) < 4.78 is 13.2. The Morgan fingerprint density at radius 3 is 2.05 bits per heavy atom. The molecule has 1 fully saturated rings. The van der Waals surface area contributed by atoms with Crippen LogP contribution in [0.25, 0.3) is 10.4 Å². The van der Waals surface area contributed by atoms with Crippen molar-refractivity contribution in [1.82, 2.24) is 0 Å². The van der Waals surface area contributed by atoms with Gasteiger partial charge in [-0.15, -0.1) is 11.3 Å². The van der Waals surface area contributed by atoms with Crippen LogP contribution in [0.15, 0.2) is 36.4 Å². The third kappa shape index (κ3) is 2.61. The summed E-state index contributed by atoms with van der Waals surface area (Å²) in [5.74, 6) is 0.279. The van der Waals surface area contributed by atoms with E-state index in [0.717, 1.165) is 15.2 Å². The van der Waals surface area contributed by atoms with Crippen molar-refractivity contribution in [2.75, 3.05) is 0 Å². The van der Waals surface area contributed by atoms with Crippen LogP contribution in [0, 0.1) is 0 Å². The van der Waals surface area contributed by atoms with E-state index in [1.54, 1.807) is 23.5 Å². The van der Waals surface area contributed by atoms with Crippen molar-refractivity contribution in [1.29, 1.82) is 0 Å². The van der Waals surface area contributed by atoms with Crippen LogP contribution in [0.1, 0.15) is 27.7 Å². The highest BCUT2D eigenvalue weighted by Crippen LogP contribution is 2.37. The fraction of sp³-hybridized carbons (Fsp3) is 0.375. The van der Waals surface area contributed by atoms with Crippen LogP contribution in [0.2, 0.25) is 0 Å². The number of rotatable bonds is 2. The van der Waals surface area contributed by atoms with E-state index < -0.39 is 0 Å². The summed E-state index contributed by atoms with van der Waals surface area (Å²) in [7, 11) is -0.314. The first-order valence-corrected chi connectivity index (χ1v) is 7.85. The van der Waals surface area contributed by atoms with Crippen LogP contribution in [0.5, 0.6) is 5.75 Å². The molecule has 0 bridgehead atoms. The molecule has 3 nitrogen and oxygen atoms in total. The number of phenols is 1. The van der Waals surface area contributed by atoms with Crippen molar-refractivity contribution in [3.05, 3.63) is 36.4 Å². The monoisotopic (exact) mass is 302 g/mol. The molecule has 1 saturated heterocycles. The highest BCUT2D eigenvalue weighted by Gasteiger charge is 2.52. The standard InChI is InChI=1S/C16H19BO3S/c1-15(2)16(3,4)20-17(19-15)14-10-9-13(21-14)11-5-7-12(18)8-6-11/h5-10,18H,1-4H3. The van der Waals surface area contributed by atoms with Gasteiger partial charge >= 0.3 is 7.12 Å². The van der Waals surface area contributed by atoms with Gasteiger partial charge in [0.1, 0.15) is 5.75 Å². The van der Waals surface area contributed by atoms with E-state index in [9.17, 15) is 5.11 Å². The number of hydrogen-bond donors (Lipinski definition) is 1. The van der Waals surface area contributed by atoms with Gasteiger partial charge < -0.3 is 14.4 Å². The second kappa shape index (κ2) is 4.87. The molecule has 0 atom stereocenters. The molecule has 0 unspecified atom stereocenters. The maximum atomic E-state index is 9.36. The van der Waals surface area contributed by atoms with Gasteiger partial charge in [-0.05, 0) is 63.6 Å². The average Bonchev–Trinajstić information content (AvgIpc) is 2.94. The summed E-state index contributed by atoms with van der Waals surface area (Å²) in [6.07, 6.45) is 0. The number of benzene rings is 1. The molecule has 0 spiro atoms. The first-order chi connectivity index (χ1) is 9.78. The maximum absolute atomic E-state index is 9.36. The van der Waals surface area contributed by atoms with Crippen LogP contribution in [0.4, 0.5) is 0 Å². The second-order valence-corrected chi connectivity index (χ2v) is 7.45. The molecule has 21 heavy (non-hydrogen) atoms. The highest BCUT2D eigenvalue weighted by atomic mass is 32.1. The molecular weight excluding hydrogens is 283 g/mol. The lowest BCUT2D eigenvalue weighted by molar-refractivity contribution is 0.00578. The molecular formula is C16H19BO3S. The molecule has 1 aromatic heterocycles. The topological polar surface area (TPSA) is 38.7 Å². The summed E-state index contributed by atoms with van der Waals surface area (Å²) in [6, 6.07) is 11.3. The fourth-order valence-electron chi connectivity index (χ4n) is 2.22. The van der Waals surface area contributed by atoms with Gasteiger partial charge in [-0.3, -0.25) is 0 Å². The molecule has 2 heterocycles. The van der Waals surface area contributed by atoms with Crippen molar-refractivity contribution < 1.29 is 14.4 Å². The molecule has 0 aliphatic carbocycles. The summed E-state index contributed by atoms with van der Waals surface area (Å²) in [5, 5.41) is 9.36. The lowest BCUT2D eigenvalue weighted by Crippen LogP contribution is -2.41. The zero-order valence-corrected chi connectivity index (χ0v) is 13.5. The minimum atomic E-state index is -0.319. The molecule has 3 rings (SSSR count). The van der Waals surface area contributed by atoms with E-state index in [4.69, 9.17) is 9.31 Å². The summed E-state index contributed by atoms with van der Waals surface area (Å²) in [5.41, 5.74) is 0.446. The van der Waals surface area contributed by atoms with Crippen LogP contribution >= 0.6 is 11.3 Å². The number of aromatic hydroxyl groups is 1. The Balaban J connectivity index is 1.85. The minimum Gasteiger partial charge on any atom is -0.508 e. The maximum Gasteiger partial charge on any atom is 0.505 e. The molecule has 2 aromatic rings. The lowest BCUT2D eigenvalue weighted by atomic mass is 9.88. The van der Waals surface area contributed by atoms with Gasteiger partial charge in [-0.25, -0.2) is 0 Å². The third-order valence-electron chi connectivity index (χ3n) is 4.26. The molecule has 5 heteroatoms. The summed E-state index contributed by atoms with van der Waals surface area (Å²) in [4.78, 5) is 1.14. The molecule has 0 radical (unpaired) electrons. The van der Waals surface area contributed by atoms with Gasteiger partial charge in [0.2, 0.25) is 0 Å². The molecule has 0 amide bonds. The predicted octanol–water partition coefficient (Wildman–Crippen LogP) is 3.42. The van der Waals surface area contributed by atoms with E-state index in [1.165, 1.54) is 0 Å². The van der Waals surface area contributed by atoms with Gasteiger partial charge in [-0.1, -0.05) is 6.07 Å². The van der Waals surface area contributed by atoms with Crippen molar-refractivity contribution in [3.8, 4) is 16.2 Å². The van der Waals surface area contributed by atoms with Gasteiger partial charge in [0.05, 0.1) is 11.2 Å². The Labute approximate surface area is 129 Å².